The predicted molar refractivity (Wildman–Crippen MR) is 83.1 cm³/mol. The zero-order chi connectivity index (χ0) is 14.9. The third kappa shape index (κ3) is 3.20. The molecule has 1 amide bonds. The molecule has 7 heteroatoms. The topological polar surface area (TPSA) is 66.4 Å². The van der Waals surface area contributed by atoms with Gasteiger partial charge in [-0.15, -0.1) is 11.3 Å². The van der Waals surface area contributed by atoms with Crippen LogP contribution < -0.4 is 5.32 Å². The van der Waals surface area contributed by atoms with Gasteiger partial charge in [-0.3, -0.25) is 4.79 Å². The van der Waals surface area contributed by atoms with Gasteiger partial charge >= 0.3 is 5.97 Å². The average Bonchev–Trinajstić information content (AvgIpc) is 2.73. The fourth-order valence-electron chi connectivity index (χ4n) is 1.58. The van der Waals surface area contributed by atoms with E-state index in [-0.39, 0.29) is 10.8 Å². The Morgan fingerprint density at radius 2 is 2.05 bits per heavy atom. The number of hydrogen-bond acceptors (Lipinski definition) is 3. The lowest BCUT2D eigenvalue weighted by atomic mass is 10.2. The number of amides is 1. The highest BCUT2D eigenvalue weighted by Gasteiger charge is 2.15. The summed E-state index contributed by atoms with van der Waals surface area (Å²) in [6, 6.07) is 6.48. The first-order valence-corrected chi connectivity index (χ1v) is 7.47. The van der Waals surface area contributed by atoms with E-state index in [0.717, 1.165) is 11.3 Å². The number of hydrogen-bond donors (Lipinski definition) is 2. The first kappa shape index (κ1) is 15.0. The molecule has 0 aliphatic heterocycles. The molecule has 0 atom stereocenters. The van der Waals surface area contributed by atoms with Gasteiger partial charge in [0.25, 0.3) is 5.91 Å². The number of carbonyl (C=O) groups is 2. The summed E-state index contributed by atoms with van der Waals surface area (Å²) in [4.78, 5) is 23.2. The summed E-state index contributed by atoms with van der Waals surface area (Å²) in [6.07, 6.45) is 0. The van der Waals surface area contributed by atoms with E-state index >= 15 is 0 Å². The van der Waals surface area contributed by atoms with Crippen LogP contribution in [0.15, 0.2) is 28.7 Å². The predicted octanol–water partition coefficient (Wildman–Crippen LogP) is 4.42. The fourth-order valence-corrected chi connectivity index (χ4v) is 2.91. The normalized spacial score (nSPS) is 10.3. The van der Waals surface area contributed by atoms with Crippen molar-refractivity contribution < 1.29 is 14.7 Å². The van der Waals surface area contributed by atoms with Crippen LogP contribution in [0.1, 0.15) is 25.6 Å². The average molecular weight is 375 g/mol. The Hall–Kier alpha value is -1.37. The second-order valence-electron chi connectivity index (χ2n) is 4.01. The van der Waals surface area contributed by atoms with E-state index in [9.17, 15) is 9.59 Å². The van der Waals surface area contributed by atoms with E-state index in [1.165, 1.54) is 0 Å². The summed E-state index contributed by atoms with van der Waals surface area (Å²) in [5.41, 5.74) is 1.02. The molecule has 1 aromatic heterocycles. The summed E-state index contributed by atoms with van der Waals surface area (Å²) < 4.78 is 0.704. The number of nitrogens with one attached hydrogen (secondary N) is 1. The second kappa shape index (κ2) is 5.95. The van der Waals surface area contributed by atoms with E-state index in [1.807, 2.05) is 0 Å². The van der Waals surface area contributed by atoms with E-state index in [2.05, 4.69) is 21.2 Å². The molecule has 4 nitrogen and oxygen atoms in total. The number of carbonyl (C=O) groups excluding carboxylic acids is 1. The van der Waals surface area contributed by atoms with Crippen molar-refractivity contribution in [2.24, 2.45) is 0 Å². The largest absolute Gasteiger partial charge is 0.477 e. The van der Waals surface area contributed by atoms with Crippen molar-refractivity contribution in [3.63, 3.8) is 0 Å². The zero-order valence-electron chi connectivity index (χ0n) is 10.2. The fraction of sp³-hybridized carbons (Fsp3) is 0.0769. The van der Waals surface area contributed by atoms with Crippen LogP contribution in [0, 0.1) is 6.92 Å². The Labute approximate surface area is 132 Å². The van der Waals surface area contributed by atoms with Gasteiger partial charge in [-0.25, -0.2) is 4.79 Å². The van der Waals surface area contributed by atoms with E-state index < -0.39 is 5.97 Å². The number of thiophene rings is 1. The monoisotopic (exact) mass is 373 g/mol. The molecule has 2 rings (SSSR count). The Kier molecular flexibility index (Phi) is 4.47. The third-order valence-electron chi connectivity index (χ3n) is 2.53. The smallest absolute Gasteiger partial charge is 0.346 e. The Morgan fingerprint density at radius 3 is 2.60 bits per heavy atom. The minimum absolute atomic E-state index is 0.217. The van der Waals surface area contributed by atoms with Gasteiger partial charge in [0.05, 0.1) is 10.0 Å². The molecule has 0 bridgehead atoms. The van der Waals surface area contributed by atoms with Crippen molar-refractivity contribution >= 4 is 55.7 Å². The lowest BCUT2D eigenvalue weighted by Crippen LogP contribution is -2.10. The van der Waals surface area contributed by atoms with Crippen LogP contribution in [0.4, 0.5) is 5.00 Å². The number of carboxylic acids is 1. The van der Waals surface area contributed by atoms with Crippen LogP contribution in [0.2, 0.25) is 5.02 Å². The minimum Gasteiger partial charge on any atom is -0.477 e. The zero-order valence-corrected chi connectivity index (χ0v) is 13.4. The molecule has 0 aliphatic rings. The number of rotatable bonds is 3. The standard InChI is InChI=1S/C13H9BrClNO3S/c1-6-4-10(20-11(6)13(18)19)16-12(17)7-2-3-8(14)9(15)5-7/h2-5H,1H3,(H,16,17)(H,18,19). The highest BCUT2D eigenvalue weighted by atomic mass is 79.9. The third-order valence-corrected chi connectivity index (χ3v) is 4.90. The molecular formula is C13H9BrClNO3S. The summed E-state index contributed by atoms with van der Waals surface area (Å²) in [7, 11) is 0. The Bertz CT molecular complexity index is 699. The maximum atomic E-state index is 12.0. The van der Waals surface area contributed by atoms with Gasteiger partial charge < -0.3 is 10.4 Å². The number of aromatic carboxylic acids is 1. The van der Waals surface area contributed by atoms with E-state index in [4.69, 9.17) is 16.7 Å². The van der Waals surface area contributed by atoms with Crippen LogP contribution in [-0.4, -0.2) is 17.0 Å². The molecule has 0 aliphatic carbocycles. The molecule has 1 aromatic carbocycles. The maximum absolute atomic E-state index is 12.0. The molecule has 104 valence electrons. The second-order valence-corrected chi connectivity index (χ2v) is 6.32. The molecule has 0 saturated heterocycles. The molecule has 0 fully saturated rings. The quantitative estimate of drug-likeness (QED) is 0.835. The van der Waals surface area contributed by atoms with Gasteiger partial charge in [0.15, 0.2) is 0 Å². The summed E-state index contributed by atoms with van der Waals surface area (Å²) in [5, 5.41) is 12.6. The molecule has 0 saturated carbocycles. The number of carboxylic acid groups (broad SMARTS) is 1. The van der Waals surface area contributed by atoms with Crippen molar-refractivity contribution in [3.05, 3.63) is 49.8 Å². The van der Waals surface area contributed by atoms with Crippen LogP contribution in [0.3, 0.4) is 0 Å². The molecular weight excluding hydrogens is 366 g/mol. The van der Waals surface area contributed by atoms with Gasteiger partial charge in [0.1, 0.15) is 4.88 Å². The van der Waals surface area contributed by atoms with Crippen LogP contribution in [0.25, 0.3) is 0 Å². The van der Waals surface area contributed by atoms with Crippen LogP contribution >= 0.6 is 38.9 Å². The summed E-state index contributed by atoms with van der Waals surface area (Å²) in [6.45, 7) is 1.69. The van der Waals surface area contributed by atoms with Gasteiger partial charge in [0.2, 0.25) is 0 Å². The number of aryl methyl sites for hydroxylation is 1. The van der Waals surface area contributed by atoms with Crippen molar-refractivity contribution in [2.45, 2.75) is 6.92 Å². The number of benzene rings is 1. The van der Waals surface area contributed by atoms with Crippen molar-refractivity contribution in [1.82, 2.24) is 0 Å². The van der Waals surface area contributed by atoms with E-state index in [0.29, 0.717) is 25.6 Å². The maximum Gasteiger partial charge on any atom is 0.346 e. The summed E-state index contributed by atoms with van der Waals surface area (Å²) in [5.74, 6) is -1.34. The Morgan fingerprint density at radius 1 is 1.35 bits per heavy atom. The van der Waals surface area contributed by atoms with Crippen molar-refractivity contribution in [2.75, 3.05) is 5.32 Å². The Balaban J connectivity index is 2.21. The molecule has 2 N–H and O–H groups in total. The minimum atomic E-state index is -1.00. The van der Waals surface area contributed by atoms with E-state index in [1.54, 1.807) is 31.2 Å². The lowest BCUT2D eigenvalue weighted by molar-refractivity contribution is 0.0701. The van der Waals surface area contributed by atoms with Crippen LogP contribution in [-0.2, 0) is 0 Å². The molecule has 0 unspecified atom stereocenters. The molecule has 20 heavy (non-hydrogen) atoms. The first-order chi connectivity index (χ1) is 9.38. The van der Waals surface area contributed by atoms with Gasteiger partial charge in [-0.1, -0.05) is 11.6 Å². The number of halogens is 2. The first-order valence-electron chi connectivity index (χ1n) is 5.48. The molecule has 1 heterocycles. The summed E-state index contributed by atoms with van der Waals surface area (Å²) >= 11 is 10.2. The van der Waals surface area contributed by atoms with Gasteiger partial charge in [0, 0.05) is 10.0 Å². The van der Waals surface area contributed by atoms with Gasteiger partial charge in [-0.05, 0) is 52.7 Å². The van der Waals surface area contributed by atoms with Crippen LogP contribution in [0.5, 0.6) is 0 Å². The molecule has 2 aromatic rings. The van der Waals surface area contributed by atoms with Crippen molar-refractivity contribution in [3.8, 4) is 0 Å². The SMILES string of the molecule is Cc1cc(NC(=O)c2ccc(Br)c(Cl)c2)sc1C(=O)O. The lowest BCUT2D eigenvalue weighted by Gasteiger charge is -2.03. The highest BCUT2D eigenvalue weighted by Crippen LogP contribution is 2.28. The molecule has 0 radical (unpaired) electrons. The van der Waals surface area contributed by atoms with Crippen molar-refractivity contribution in [1.29, 1.82) is 0 Å². The molecule has 0 spiro atoms. The number of anilines is 1. The van der Waals surface area contributed by atoms with Gasteiger partial charge in [-0.2, -0.15) is 0 Å². The highest BCUT2D eigenvalue weighted by molar-refractivity contribution is 9.10.